The lowest BCUT2D eigenvalue weighted by Crippen LogP contribution is -2.42. The van der Waals surface area contributed by atoms with E-state index in [0.29, 0.717) is 30.3 Å². The lowest BCUT2D eigenvalue weighted by Gasteiger charge is -2.34. The molecule has 5 heteroatoms. The molecule has 0 bridgehead atoms. The summed E-state index contributed by atoms with van der Waals surface area (Å²) in [6.07, 6.45) is 0.709. The van der Waals surface area contributed by atoms with Crippen molar-refractivity contribution in [3.05, 3.63) is 29.3 Å². The van der Waals surface area contributed by atoms with Crippen LogP contribution in [0.1, 0.15) is 29.3 Å². The number of nitrogens with two attached hydrogens (primary N) is 2. The van der Waals surface area contributed by atoms with Crippen LogP contribution in [0.3, 0.4) is 0 Å². The predicted octanol–water partition coefficient (Wildman–Crippen LogP) is 0.570. The molecular weight excluding hydrogens is 242 g/mol. The Balaban J connectivity index is 2.05. The molecule has 5 nitrogen and oxygen atoms in total. The van der Waals surface area contributed by atoms with Gasteiger partial charge in [0.1, 0.15) is 0 Å². The number of β-amino-alcohol motifs (C(OH)–C–C–N with tert-alkyl or cyclic N) is 1. The first-order valence-electron chi connectivity index (χ1n) is 6.56. The Hall–Kier alpha value is -1.59. The molecule has 2 unspecified atom stereocenters. The molecule has 1 aliphatic heterocycles. The van der Waals surface area contributed by atoms with Crippen molar-refractivity contribution in [3.8, 4) is 0 Å². The number of aliphatic hydroxyl groups is 1. The third kappa shape index (κ3) is 3.24. The van der Waals surface area contributed by atoms with E-state index in [4.69, 9.17) is 11.5 Å². The van der Waals surface area contributed by atoms with Crippen molar-refractivity contribution in [3.63, 3.8) is 0 Å². The smallest absolute Gasteiger partial charge is 0.248 e. The van der Waals surface area contributed by atoms with Crippen molar-refractivity contribution >= 4 is 11.6 Å². The number of hydrogen-bond donors (Lipinski definition) is 3. The Bertz CT molecular complexity index is 476. The maximum absolute atomic E-state index is 11.1. The minimum absolute atomic E-state index is 0.278. The molecule has 1 aliphatic rings. The van der Waals surface area contributed by atoms with Gasteiger partial charge >= 0.3 is 0 Å². The van der Waals surface area contributed by atoms with Crippen molar-refractivity contribution in [2.75, 3.05) is 18.8 Å². The van der Waals surface area contributed by atoms with Crippen LogP contribution in [-0.2, 0) is 6.54 Å². The molecule has 1 aromatic rings. The van der Waals surface area contributed by atoms with Crippen LogP contribution in [0.5, 0.6) is 0 Å². The van der Waals surface area contributed by atoms with Crippen LogP contribution in [-0.4, -0.2) is 35.1 Å². The summed E-state index contributed by atoms with van der Waals surface area (Å²) in [5.74, 6) is -0.119. The summed E-state index contributed by atoms with van der Waals surface area (Å²) in [6.45, 7) is 4.38. The van der Waals surface area contributed by atoms with Gasteiger partial charge < -0.3 is 16.6 Å². The van der Waals surface area contributed by atoms with Crippen molar-refractivity contribution in [2.45, 2.75) is 26.0 Å². The van der Waals surface area contributed by atoms with E-state index in [9.17, 15) is 9.90 Å². The van der Waals surface area contributed by atoms with Crippen molar-refractivity contribution in [1.29, 1.82) is 0 Å². The van der Waals surface area contributed by atoms with Crippen molar-refractivity contribution < 1.29 is 9.90 Å². The van der Waals surface area contributed by atoms with Gasteiger partial charge in [0, 0.05) is 24.3 Å². The molecule has 0 spiro atoms. The molecule has 2 rings (SSSR count). The van der Waals surface area contributed by atoms with Gasteiger partial charge in [-0.25, -0.2) is 0 Å². The standard InChI is InChI=1S/C14H21N3O2/c1-9-4-5-17(8-13(9)18)7-11-3-2-10(14(16)19)6-12(11)15/h2-3,6,9,13,18H,4-5,7-8,15H2,1H3,(H2,16,19). The molecule has 0 radical (unpaired) electrons. The van der Waals surface area contributed by atoms with Gasteiger partial charge in [0.25, 0.3) is 0 Å². The Morgan fingerprint density at radius 3 is 2.84 bits per heavy atom. The van der Waals surface area contributed by atoms with Crippen molar-refractivity contribution in [1.82, 2.24) is 4.90 Å². The summed E-state index contributed by atoms with van der Waals surface area (Å²) in [6, 6.07) is 5.14. The van der Waals surface area contributed by atoms with E-state index in [2.05, 4.69) is 11.8 Å². The van der Waals surface area contributed by atoms with E-state index in [1.165, 1.54) is 0 Å². The fraction of sp³-hybridized carbons (Fsp3) is 0.500. The second-order valence-corrected chi connectivity index (χ2v) is 5.35. The highest BCUT2D eigenvalue weighted by molar-refractivity contribution is 5.93. The van der Waals surface area contributed by atoms with Gasteiger partial charge in [-0.1, -0.05) is 13.0 Å². The van der Waals surface area contributed by atoms with Crippen LogP contribution in [0.2, 0.25) is 0 Å². The fourth-order valence-corrected chi connectivity index (χ4v) is 2.39. The monoisotopic (exact) mass is 263 g/mol. The third-order valence-electron chi connectivity index (χ3n) is 3.83. The Labute approximate surface area is 113 Å². The van der Waals surface area contributed by atoms with Crippen LogP contribution in [0.4, 0.5) is 5.69 Å². The molecule has 0 saturated carbocycles. The van der Waals surface area contributed by atoms with Crippen LogP contribution in [0, 0.1) is 5.92 Å². The molecular formula is C14H21N3O2. The normalized spacial score (nSPS) is 24.3. The van der Waals surface area contributed by atoms with Crippen molar-refractivity contribution in [2.24, 2.45) is 11.7 Å². The van der Waals surface area contributed by atoms with E-state index < -0.39 is 5.91 Å². The third-order valence-corrected chi connectivity index (χ3v) is 3.83. The number of aliphatic hydroxyl groups excluding tert-OH is 1. The number of benzene rings is 1. The first-order chi connectivity index (χ1) is 8.97. The molecule has 1 amide bonds. The van der Waals surface area contributed by atoms with Crippen LogP contribution >= 0.6 is 0 Å². The molecule has 1 heterocycles. The number of hydrogen-bond acceptors (Lipinski definition) is 4. The zero-order valence-corrected chi connectivity index (χ0v) is 11.2. The SMILES string of the molecule is CC1CCN(Cc2ccc(C(N)=O)cc2N)CC1O. The number of carbonyl (C=O) groups is 1. The van der Waals surface area contributed by atoms with Crippen LogP contribution in [0.25, 0.3) is 0 Å². The molecule has 1 aromatic carbocycles. The number of rotatable bonds is 3. The highest BCUT2D eigenvalue weighted by atomic mass is 16.3. The number of amides is 1. The average molecular weight is 263 g/mol. The first-order valence-corrected chi connectivity index (χ1v) is 6.56. The number of nitrogens with zero attached hydrogens (tertiary/aromatic N) is 1. The van der Waals surface area contributed by atoms with E-state index in [0.717, 1.165) is 18.5 Å². The van der Waals surface area contributed by atoms with E-state index in [1.807, 2.05) is 6.07 Å². The maximum Gasteiger partial charge on any atom is 0.248 e. The van der Waals surface area contributed by atoms with Gasteiger partial charge in [0.2, 0.25) is 5.91 Å². The van der Waals surface area contributed by atoms with Gasteiger partial charge in [-0.05, 0) is 36.6 Å². The zero-order valence-electron chi connectivity index (χ0n) is 11.2. The second-order valence-electron chi connectivity index (χ2n) is 5.35. The molecule has 0 aromatic heterocycles. The number of primary amides is 1. The van der Waals surface area contributed by atoms with Gasteiger partial charge in [-0.2, -0.15) is 0 Å². The summed E-state index contributed by atoms with van der Waals surface area (Å²) >= 11 is 0. The minimum Gasteiger partial charge on any atom is -0.398 e. The average Bonchev–Trinajstić information content (AvgIpc) is 2.36. The van der Waals surface area contributed by atoms with Crippen LogP contribution < -0.4 is 11.5 Å². The number of carbonyl (C=O) groups excluding carboxylic acids is 1. The highest BCUT2D eigenvalue weighted by Crippen LogP contribution is 2.21. The first kappa shape index (κ1) is 13.8. The van der Waals surface area contributed by atoms with E-state index in [-0.39, 0.29) is 6.10 Å². The Morgan fingerprint density at radius 1 is 1.53 bits per heavy atom. The topological polar surface area (TPSA) is 92.6 Å². The largest absolute Gasteiger partial charge is 0.398 e. The van der Waals surface area contributed by atoms with E-state index >= 15 is 0 Å². The zero-order chi connectivity index (χ0) is 14.0. The quantitative estimate of drug-likeness (QED) is 0.695. The molecule has 1 saturated heterocycles. The molecule has 19 heavy (non-hydrogen) atoms. The van der Waals surface area contributed by atoms with Gasteiger partial charge in [-0.15, -0.1) is 0 Å². The lowest BCUT2D eigenvalue weighted by atomic mass is 9.95. The molecule has 0 aliphatic carbocycles. The van der Waals surface area contributed by atoms with Gasteiger partial charge in [-0.3, -0.25) is 9.69 Å². The Morgan fingerprint density at radius 2 is 2.26 bits per heavy atom. The highest BCUT2D eigenvalue weighted by Gasteiger charge is 2.24. The summed E-state index contributed by atoms with van der Waals surface area (Å²) in [7, 11) is 0. The molecule has 104 valence electrons. The fourth-order valence-electron chi connectivity index (χ4n) is 2.39. The number of nitrogen functional groups attached to an aromatic ring is 1. The van der Waals surface area contributed by atoms with Crippen LogP contribution in [0.15, 0.2) is 18.2 Å². The lowest BCUT2D eigenvalue weighted by molar-refractivity contribution is 0.0260. The number of piperidine rings is 1. The molecule has 2 atom stereocenters. The summed E-state index contributed by atoms with van der Waals surface area (Å²) in [5, 5.41) is 9.88. The predicted molar refractivity (Wildman–Crippen MR) is 74.4 cm³/mol. The summed E-state index contributed by atoms with van der Waals surface area (Å²) < 4.78 is 0. The minimum atomic E-state index is -0.472. The number of anilines is 1. The molecule has 1 fully saturated rings. The second kappa shape index (κ2) is 5.59. The van der Waals surface area contributed by atoms with E-state index in [1.54, 1.807) is 12.1 Å². The maximum atomic E-state index is 11.1. The summed E-state index contributed by atoms with van der Waals surface area (Å²) in [5.41, 5.74) is 13.1. The molecule has 5 N–H and O–H groups in total. The van der Waals surface area contributed by atoms with Gasteiger partial charge in [0.05, 0.1) is 6.10 Å². The summed E-state index contributed by atoms with van der Waals surface area (Å²) in [4.78, 5) is 13.2. The Kier molecular flexibility index (Phi) is 4.07. The number of likely N-dealkylation sites (tertiary alicyclic amines) is 1. The van der Waals surface area contributed by atoms with Gasteiger partial charge in [0.15, 0.2) is 0 Å².